The van der Waals surface area contributed by atoms with Crippen LogP contribution in [-0.4, -0.2) is 6.61 Å². The van der Waals surface area contributed by atoms with E-state index in [9.17, 15) is 0 Å². The Hall–Kier alpha value is -1.28. The lowest BCUT2D eigenvalue weighted by molar-refractivity contribution is 0.180. The molecule has 1 fully saturated rings. The van der Waals surface area contributed by atoms with Crippen molar-refractivity contribution in [3.63, 3.8) is 0 Å². The number of halogens is 1. The Kier molecular flexibility index (Phi) is 3.88. The summed E-state index contributed by atoms with van der Waals surface area (Å²) in [6, 6.07) is 16.6. The third-order valence-electron chi connectivity index (χ3n) is 3.73. The van der Waals surface area contributed by atoms with Gasteiger partial charge in [0.15, 0.2) is 0 Å². The number of hydrogen-bond donors (Lipinski definition) is 0. The number of benzene rings is 2. The first-order chi connectivity index (χ1) is 9.33. The molecule has 0 aliphatic heterocycles. The molecule has 0 amide bonds. The second-order valence-corrected chi connectivity index (χ2v) is 5.97. The van der Waals surface area contributed by atoms with Gasteiger partial charge in [0.25, 0.3) is 0 Å². The molecule has 0 saturated heterocycles. The molecule has 2 aromatic carbocycles. The van der Waals surface area contributed by atoms with E-state index in [0.717, 1.165) is 22.7 Å². The second-order valence-electron chi connectivity index (χ2n) is 5.12. The van der Waals surface area contributed by atoms with Crippen LogP contribution in [0.15, 0.2) is 53.0 Å². The molecule has 1 aliphatic carbocycles. The lowest BCUT2D eigenvalue weighted by Gasteiger charge is -2.25. The Morgan fingerprint density at radius 1 is 1.05 bits per heavy atom. The minimum absolute atomic E-state index is 0.770. The molecule has 0 bridgehead atoms. The van der Waals surface area contributed by atoms with Crippen LogP contribution in [0.3, 0.4) is 0 Å². The molecule has 0 unspecified atom stereocenters. The first-order valence-corrected chi connectivity index (χ1v) is 7.60. The Balaban J connectivity index is 1.77. The van der Waals surface area contributed by atoms with Crippen LogP contribution in [0.5, 0.6) is 5.75 Å². The first-order valence-electron chi connectivity index (χ1n) is 6.81. The minimum atomic E-state index is 0.770. The van der Waals surface area contributed by atoms with E-state index in [2.05, 4.69) is 52.3 Å². The minimum Gasteiger partial charge on any atom is -0.493 e. The van der Waals surface area contributed by atoms with Crippen LogP contribution >= 0.6 is 15.9 Å². The van der Waals surface area contributed by atoms with E-state index >= 15 is 0 Å². The molecular formula is C17H17BrO. The van der Waals surface area contributed by atoms with Crippen LogP contribution in [0, 0.1) is 5.92 Å². The molecule has 2 heteroatoms. The molecule has 0 heterocycles. The maximum absolute atomic E-state index is 5.90. The van der Waals surface area contributed by atoms with E-state index in [4.69, 9.17) is 4.74 Å². The number of hydrogen-bond acceptors (Lipinski definition) is 1. The Bertz CT molecular complexity index is 561. The van der Waals surface area contributed by atoms with Crippen molar-refractivity contribution in [2.24, 2.45) is 5.92 Å². The van der Waals surface area contributed by atoms with Crippen LogP contribution in [0.4, 0.5) is 0 Å². The summed E-state index contributed by atoms with van der Waals surface area (Å²) >= 11 is 3.60. The zero-order valence-corrected chi connectivity index (χ0v) is 12.4. The molecule has 0 atom stereocenters. The summed E-state index contributed by atoms with van der Waals surface area (Å²) in [5, 5.41) is 0. The average Bonchev–Trinajstić information content (AvgIpc) is 2.38. The molecular weight excluding hydrogens is 300 g/mol. The largest absolute Gasteiger partial charge is 0.493 e. The summed E-state index contributed by atoms with van der Waals surface area (Å²) in [5.74, 6) is 1.74. The Labute approximate surface area is 122 Å². The standard InChI is InChI=1S/C17H17BrO/c18-17-10-2-1-9-16(17)14-7-4-8-15(11-14)19-12-13-5-3-6-13/h1-2,4,7-11,13H,3,5-6,12H2. The lowest BCUT2D eigenvalue weighted by atomic mass is 9.86. The Morgan fingerprint density at radius 2 is 1.89 bits per heavy atom. The highest BCUT2D eigenvalue weighted by atomic mass is 79.9. The average molecular weight is 317 g/mol. The predicted octanol–water partition coefficient (Wildman–Crippen LogP) is 5.30. The molecule has 98 valence electrons. The maximum atomic E-state index is 5.90. The quantitative estimate of drug-likeness (QED) is 0.744. The molecule has 3 rings (SSSR count). The summed E-state index contributed by atoms with van der Waals surface area (Å²) < 4.78 is 7.01. The zero-order chi connectivity index (χ0) is 13.1. The summed E-state index contributed by atoms with van der Waals surface area (Å²) in [6.07, 6.45) is 4.01. The fourth-order valence-electron chi connectivity index (χ4n) is 2.32. The van der Waals surface area contributed by atoms with Gasteiger partial charge in [0.2, 0.25) is 0 Å². The third kappa shape index (κ3) is 3.01. The van der Waals surface area contributed by atoms with Crippen molar-refractivity contribution in [1.29, 1.82) is 0 Å². The van der Waals surface area contributed by atoms with Gasteiger partial charge in [-0.25, -0.2) is 0 Å². The molecule has 0 spiro atoms. The van der Waals surface area contributed by atoms with E-state index in [1.165, 1.54) is 30.4 Å². The van der Waals surface area contributed by atoms with Gasteiger partial charge in [0.05, 0.1) is 6.61 Å². The SMILES string of the molecule is Brc1ccccc1-c1cccc(OCC2CCC2)c1. The highest BCUT2D eigenvalue weighted by Crippen LogP contribution is 2.31. The lowest BCUT2D eigenvalue weighted by Crippen LogP contribution is -2.19. The monoisotopic (exact) mass is 316 g/mol. The maximum Gasteiger partial charge on any atom is 0.119 e. The summed E-state index contributed by atoms with van der Waals surface area (Å²) in [7, 11) is 0. The van der Waals surface area contributed by atoms with Gasteiger partial charge in [-0.15, -0.1) is 0 Å². The van der Waals surface area contributed by atoms with Crippen LogP contribution in [0.1, 0.15) is 19.3 Å². The molecule has 0 N–H and O–H groups in total. The smallest absolute Gasteiger partial charge is 0.119 e. The predicted molar refractivity (Wildman–Crippen MR) is 82.4 cm³/mol. The van der Waals surface area contributed by atoms with Crippen molar-refractivity contribution in [3.8, 4) is 16.9 Å². The molecule has 1 saturated carbocycles. The van der Waals surface area contributed by atoms with Gasteiger partial charge in [0, 0.05) is 4.47 Å². The highest BCUT2D eigenvalue weighted by molar-refractivity contribution is 9.10. The normalized spacial score (nSPS) is 15.0. The highest BCUT2D eigenvalue weighted by Gasteiger charge is 2.17. The molecule has 1 nitrogen and oxygen atoms in total. The molecule has 0 radical (unpaired) electrons. The van der Waals surface area contributed by atoms with Crippen molar-refractivity contribution in [2.75, 3.05) is 6.61 Å². The van der Waals surface area contributed by atoms with Crippen molar-refractivity contribution in [1.82, 2.24) is 0 Å². The van der Waals surface area contributed by atoms with E-state index < -0.39 is 0 Å². The van der Waals surface area contributed by atoms with Gasteiger partial charge in [-0.2, -0.15) is 0 Å². The van der Waals surface area contributed by atoms with Crippen LogP contribution < -0.4 is 4.74 Å². The van der Waals surface area contributed by atoms with Crippen molar-refractivity contribution >= 4 is 15.9 Å². The zero-order valence-electron chi connectivity index (χ0n) is 10.8. The number of rotatable bonds is 4. The molecule has 2 aromatic rings. The molecule has 19 heavy (non-hydrogen) atoms. The first kappa shape index (κ1) is 12.7. The fraction of sp³-hybridized carbons (Fsp3) is 0.294. The van der Waals surface area contributed by atoms with E-state index in [1.54, 1.807) is 0 Å². The molecule has 0 aromatic heterocycles. The van der Waals surface area contributed by atoms with Crippen LogP contribution in [-0.2, 0) is 0 Å². The second kappa shape index (κ2) is 5.79. The summed E-state index contributed by atoms with van der Waals surface area (Å²) in [5.41, 5.74) is 2.40. The van der Waals surface area contributed by atoms with Crippen molar-refractivity contribution < 1.29 is 4.74 Å². The van der Waals surface area contributed by atoms with Crippen molar-refractivity contribution in [2.45, 2.75) is 19.3 Å². The third-order valence-corrected chi connectivity index (χ3v) is 4.42. The van der Waals surface area contributed by atoms with Crippen molar-refractivity contribution in [3.05, 3.63) is 53.0 Å². The van der Waals surface area contributed by atoms with E-state index in [0.29, 0.717) is 0 Å². The van der Waals surface area contributed by atoms with Gasteiger partial charge in [0.1, 0.15) is 5.75 Å². The topological polar surface area (TPSA) is 9.23 Å². The Morgan fingerprint density at radius 3 is 2.63 bits per heavy atom. The van der Waals surface area contributed by atoms with Gasteiger partial charge in [-0.3, -0.25) is 0 Å². The van der Waals surface area contributed by atoms with Gasteiger partial charge >= 0.3 is 0 Å². The van der Waals surface area contributed by atoms with Gasteiger partial charge in [-0.05, 0) is 48.1 Å². The van der Waals surface area contributed by atoms with E-state index in [-0.39, 0.29) is 0 Å². The van der Waals surface area contributed by atoms with Crippen LogP contribution in [0.2, 0.25) is 0 Å². The van der Waals surface area contributed by atoms with Gasteiger partial charge < -0.3 is 4.74 Å². The fourth-order valence-corrected chi connectivity index (χ4v) is 2.84. The number of ether oxygens (including phenoxy) is 1. The summed E-state index contributed by atoms with van der Waals surface area (Å²) in [4.78, 5) is 0. The van der Waals surface area contributed by atoms with E-state index in [1.807, 2.05) is 12.1 Å². The summed E-state index contributed by atoms with van der Waals surface area (Å²) in [6.45, 7) is 0.861. The van der Waals surface area contributed by atoms with Crippen LogP contribution in [0.25, 0.3) is 11.1 Å². The molecule has 1 aliphatic rings. The van der Waals surface area contributed by atoms with Gasteiger partial charge in [-0.1, -0.05) is 52.7 Å².